The van der Waals surface area contributed by atoms with Gasteiger partial charge >= 0.3 is 6.03 Å². The summed E-state index contributed by atoms with van der Waals surface area (Å²) in [7, 11) is 0. The van der Waals surface area contributed by atoms with Crippen molar-refractivity contribution >= 4 is 28.8 Å². The summed E-state index contributed by atoms with van der Waals surface area (Å²) in [5.41, 5.74) is 7.23. The average molecular weight is 377 g/mol. The van der Waals surface area contributed by atoms with Crippen molar-refractivity contribution in [2.24, 2.45) is 0 Å². The highest BCUT2D eigenvalue weighted by molar-refractivity contribution is 6.04. The van der Waals surface area contributed by atoms with Crippen LogP contribution in [0.2, 0.25) is 0 Å². The molecule has 0 bridgehead atoms. The number of nitrogens with zero attached hydrogens (tertiary/aromatic N) is 4. The summed E-state index contributed by atoms with van der Waals surface area (Å²) in [4.78, 5) is 28.1. The van der Waals surface area contributed by atoms with Crippen LogP contribution >= 0.6 is 0 Å². The second-order valence-corrected chi connectivity index (χ2v) is 7.07. The maximum atomic E-state index is 12.6. The number of carbonyl (C=O) groups is 2. The molecule has 2 amide bonds. The number of benzene rings is 1. The van der Waals surface area contributed by atoms with Gasteiger partial charge in [0.2, 0.25) is 0 Å². The van der Waals surface area contributed by atoms with Gasteiger partial charge in [-0.3, -0.25) is 4.79 Å². The van der Waals surface area contributed by atoms with E-state index in [2.05, 4.69) is 17.7 Å². The highest BCUT2D eigenvalue weighted by Crippen LogP contribution is 2.42. The van der Waals surface area contributed by atoms with Gasteiger partial charge in [-0.1, -0.05) is 18.2 Å². The lowest BCUT2D eigenvalue weighted by Gasteiger charge is -2.35. The number of nitrogens with one attached hydrogen (secondary N) is 1. The van der Waals surface area contributed by atoms with E-state index in [1.807, 2.05) is 32.0 Å². The smallest absolute Gasteiger partial charge is 0.324 e. The van der Waals surface area contributed by atoms with E-state index < -0.39 is 0 Å². The van der Waals surface area contributed by atoms with Gasteiger partial charge in [0, 0.05) is 31.4 Å². The first kappa shape index (κ1) is 18.1. The van der Waals surface area contributed by atoms with Gasteiger partial charge < -0.3 is 9.80 Å². The van der Waals surface area contributed by atoms with Gasteiger partial charge in [0.1, 0.15) is 5.69 Å². The van der Waals surface area contributed by atoms with E-state index in [4.69, 9.17) is 0 Å². The molecule has 1 N–H and O–H groups in total. The fourth-order valence-corrected chi connectivity index (χ4v) is 4.45. The molecular formula is C21H23N5O2. The number of amides is 2. The van der Waals surface area contributed by atoms with Crippen LogP contribution in [0.5, 0.6) is 0 Å². The molecule has 0 saturated heterocycles. The number of aldehydes is 1. The number of carbonyl (C=O) groups excluding carboxylic acids is 2. The maximum Gasteiger partial charge on any atom is 0.336 e. The van der Waals surface area contributed by atoms with Crippen LogP contribution < -0.4 is 5.43 Å². The van der Waals surface area contributed by atoms with Crippen molar-refractivity contribution in [3.63, 3.8) is 0 Å². The van der Waals surface area contributed by atoms with Crippen molar-refractivity contribution in [2.75, 3.05) is 25.1 Å². The van der Waals surface area contributed by atoms with Crippen molar-refractivity contribution in [2.45, 2.75) is 32.7 Å². The summed E-state index contributed by atoms with van der Waals surface area (Å²) in [6, 6.07) is 5.59. The molecule has 0 unspecified atom stereocenters. The topological polar surface area (TPSA) is 81.4 Å². The summed E-state index contributed by atoms with van der Waals surface area (Å²) >= 11 is 0. The summed E-state index contributed by atoms with van der Waals surface area (Å²) < 4.78 is 1.61. The normalized spacial score (nSPS) is 17.5. The van der Waals surface area contributed by atoms with Crippen LogP contribution in [0, 0.1) is 11.5 Å². The molecule has 144 valence electrons. The molecule has 0 radical (unpaired) electrons. The Balaban J connectivity index is 1.89. The molecule has 1 aliphatic heterocycles. The molecule has 0 fully saturated rings. The van der Waals surface area contributed by atoms with E-state index in [0.717, 1.165) is 40.3 Å². The number of aromatic nitrogens is 1. The first-order chi connectivity index (χ1) is 13.6. The monoisotopic (exact) mass is 377 g/mol. The van der Waals surface area contributed by atoms with E-state index in [0.29, 0.717) is 31.7 Å². The van der Waals surface area contributed by atoms with Crippen LogP contribution in [0.1, 0.15) is 41.9 Å². The number of fused-ring (bicyclic) bond motifs is 2. The largest absolute Gasteiger partial charge is 0.336 e. The molecule has 1 atom stereocenters. The van der Waals surface area contributed by atoms with Crippen molar-refractivity contribution in [3.8, 4) is 6.19 Å². The molecule has 1 aromatic carbocycles. The van der Waals surface area contributed by atoms with Crippen LogP contribution in [0.25, 0.3) is 16.5 Å². The molecule has 2 heterocycles. The van der Waals surface area contributed by atoms with E-state index in [1.165, 1.54) is 0 Å². The Morgan fingerprint density at radius 1 is 1.39 bits per heavy atom. The minimum atomic E-state index is -0.239. The molecular weight excluding hydrogens is 354 g/mol. The molecule has 2 aromatic rings. The zero-order chi connectivity index (χ0) is 19.8. The maximum absolute atomic E-state index is 12.6. The molecule has 2 aliphatic rings. The zero-order valence-electron chi connectivity index (χ0n) is 16.1. The van der Waals surface area contributed by atoms with Crippen LogP contribution in [-0.2, 0) is 6.42 Å². The summed E-state index contributed by atoms with van der Waals surface area (Å²) in [6.45, 7) is 5.70. The summed E-state index contributed by atoms with van der Waals surface area (Å²) in [6.07, 6.45) is 6.70. The van der Waals surface area contributed by atoms with Crippen LogP contribution in [0.4, 0.5) is 4.79 Å². The van der Waals surface area contributed by atoms with Gasteiger partial charge in [0.25, 0.3) is 0 Å². The van der Waals surface area contributed by atoms with E-state index >= 15 is 0 Å². The van der Waals surface area contributed by atoms with Crippen LogP contribution in [0.15, 0.2) is 24.3 Å². The van der Waals surface area contributed by atoms with Gasteiger partial charge in [-0.05, 0) is 43.0 Å². The second-order valence-electron chi connectivity index (χ2n) is 7.07. The zero-order valence-corrected chi connectivity index (χ0v) is 16.1. The third kappa shape index (κ3) is 2.56. The third-order valence-electron chi connectivity index (χ3n) is 5.81. The Bertz CT molecular complexity index is 1030. The van der Waals surface area contributed by atoms with Crippen LogP contribution in [0.3, 0.4) is 0 Å². The lowest BCUT2D eigenvalue weighted by molar-refractivity contribution is 0.111. The molecule has 1 aliphatic carbocycles. The summed E-state index contributed by atoms with van der Waals surface area (Å²) in [5.74, 6) is 0. The van der Waals surface area contributed by atoms with Gasteiger partial charge in [0.15, 0.2) is 12.5 Å². The van der Waals surface area contributed by atoms with E-state index in [-0.39, 0.29) is 12.1 Å². The van der Waals surface area contributed by atoms with E-state index in [9.17, 15) is 14.9 Å². The molecule has 0 saturated carbocycles. The van der Waals surface area contributed by atoms with Gasteiger partial charge in [-0.25, -0.2) is 14.9 Å². The van der Waals surface area contributed by atoms with Crippen LogP contribution in [-0.4, -0.2) is 52.5 Å². The predicted molar refractivity (Wildman–Crippen MR) is 107 cm³/mol. The lowest BCUT2D eigenvalue weighted by atomic mass is 9.81. The molecule has 28 heavy (non-hydrogen) atoms. The van der Waals surface area contributed by atoms with Crippen molar-refractivity contribution < 1.29 is 9.59 Å². The highest BCUT2D eigenvalue weighted by Gasteiger charge is 2.35. The fourth-order valence-electron chi connectivity index (χ4n) is 4.45. The predicted octanol–water partition coefficient (Wildman–Crippen LogP) is 2.95. The minimum absolute atomic E-state index is 0.0649. The first-order valence-electron chi connectivity index (χ1n) is 9.68. The number of nitriles is 1. The fraction of sp³-hybridized carbons (Fsp3) is 0.381. The number of hydrogen-bond acceptors (Lipinski definition) is 4. The SMILES string of the molecule is CCN(CC)C(=O)Nn1c(C=O)c2c3c(cccc31)C1=CCCN(C#N)[C@@H]1C2. The average Bonchev–Trinajstić information content (AvgIpc) is 3.02. The lowest BCUT2D eigenvalue weighted by Crippen LogP contribution is -2.39. The molecule has 7 heteroatoms. The van der Waals surface area contributed by atoms with Crippen molar-refractivity contribution in [1.82, 2.24) is 14.5 Å². The Morgan fingerprint density at radius 3 is 2.86 bits per heavy atom. The Morgan fingerprint density at radius 2 is 2.18 bits per heavy atom. The number of hydrogen-bond donors (Lipinski definition) is 1. The Labute approximate surface area is 163 Å². The minimum Gasteiger partial charge on any atom is -0.324 e. The quantitative estimate of drug-likeness (QED) is 0.656. The Hall–Kier alpha value is -3.27. The first-order valence-corrected chi connectivity index (χ1v) is 9.68. The van der Waals surface area contributed by atoms with E-state index in [1.54, 1.807) is 14.5 Å². The second kappa shape index (κ2) is 7.04. The van der Waals surface area contributed by atoms with Gasteiger partial charge in [0.05, 0.1) is 11.6 Å². The van der Waals surface area contributed by atoms with Gasteiger partial charge in [-0.15, -0.1) is 0 Å². The third-order valence-corrected chi connectivity index (χ3v) is 5.81. The van der Waals surface area contributed by atoms with Crippen molar-refractivity contribution in [3.05, 3.63) is 41.1 Å². The molecule has 1 aromatic heterocycles. The highest BCUT2D eigenvalue weighted by atomic mass is 16.2. The van der Waals surface area contributed by atoms with Gasteiger partial charge in [-0.2, -0.15) is 5.26 Å². The van der Waals surface area contributed by atoms with Crippen molar-refractivity contribution in [1.29, 1.82) is 5.26 Å². The summed E-state index contributed by atoms with van der Waals surface area (Å²) in [5, 5.41) is 10.5. The molecule has 0 spiro atoms. The standard InChI is InChI=1S/C21H23N5O2/c1-3-24(4-2)21(28)23-26-17-9-5-7-15-14-8-6-10-25(13-22)18(14)11-16(20(15)17)19(26)12-27/h5,7-9,12,18H,3-4,6,10-11H2,1-2H3,(H,23,28)/t18-/m1/s1. The Kier molecular flexibility index (Phi) is 4.55. The molecule has 7 nitrogen and oxygen atoms in total. The number of urea groups is 1. The number of rotatable bonds is 4. The molecule has 4 rings (SSSR count).